The molecule has 3 N–H and O–H groups in total. The molecular formula is C21H30N4O2S. The fourth-order valence-corrected chi connectivity index (χ4v) is 3.40. The summed E-state index contributed by atoms with van der Waals surface area (Å²) in [5.41, 5.74) is 2.42. The zero-order valence-electron chi connectivity index (χ0n) is 16.6. The molecule has 0 radical (unpaired) electrons. The molecule has 2 rings (SSSR count). The van der Waals surface area contributed by atoms with E-state index < -0.39 is 10.0 Å². The van der Waals surface area contributed by atoms with E-state index in [1.165, 1.54) is 11.1 Å². The number of hydrogen-bond donors (Lipinski definition) is 3. The molecule has 152 valence electrons. The molecule has 0 heterocycles. The number of hydrogen-bond acceptors (Lipinski definition) is 3. The zero-order valence-corrected chi connectivity index (χ0v) is 17.4. The van der Waals surface area contributed by atoms with Gasteiger partial charge >= 0.3 is 0 Å². The minimum absolute atomic E-state index is 0.0803. The fraction of sp³-hybridized carbons (Fsp3) is 0.381. The summed E-state index contributed by atoms with van der Waals surface area (Å²) in [7, 11) is -3.18. The summed E-state index contributed by atoms with van der Waals surface area (Å²) >= 11 is 0. The van der Waals surface area contributed by atoms with E-state index in [0.717, 1.165) is 6.54 Å². The average Bonchev–Trinajstić information content (AvgIpc) is 2.73. The van der Waals surface area contributed by atoms with Crippen LogP contribution in [0.5, 0.6) is 0 Å². The molecule has 0 unspecified atom stereocenters. The van der Waals surface area contributed by atoms with Crippen LogP contribution < -0.4 is 15.4 Å². The molecule has 28 heavy (non-hydrogen) atoms. The Morgan fingerprint density at radius 3 is 1.96 bits per heavy atom. The first-order valence-corrected chi connectivity index (χ1v) is 11.3. The predicted octanol–water partition coefficient (Wildman–Crippen LogP) is 2.31. The summed E-state index contributed by atoms with van der Waals surface area (Å²) < 4.78 is 25.6. The monoisotopic (exact) mass is 402 g/mol. The molecule has 0 aromatic heterocycles. The topological polar surface area (TPSA) is 82.6 Å². The lowest BCUT2D eigenvalue weighted by Crippen LogP contribution is -2.42. The second-order valence-corrected chi connectivity index (χ2v) is 8.41. The zero-order chi connectivity index (χ0) is 20.2. The molecule has 7 heteroatoms. The van der Waals surface area contributed by atoms with Gasteiger partial charge in [0.25, 0.3) is 0 Å². The molecule has 0 saturated carbocycles. The lowest BCUT2D eigenvalue weighted by atomic mass is 9.91. The van der Waals surface area contributed by atoms with E-state index in [1.54, 1.807) is 6.92 Å². The highest BCUT2D eigenvalue weighted by Gasteiger charge is 2.14. The van der Waals surface area contributed by atoms with Gasteiger partial charge in [-0.3, -0.25) is 4.99 Å². The maximum atomic E-state index is 11.5. The number of guanidine groups is 1. The summed E-state index contributed by atoms with van der Waals surface area (Å²) in [4.78, 5) is 4.74. The maximum Gasteiger partial charge on any atom is 0.211 e. The third kappa shape index (κ3) is 7.32. The largest absolute Gasteiger partial charge is 0.357 e. The SMILES string of the molecule is CCNC(=NCC(c1ccccc1)c1ccccc1)NCCNS(=O)(=O)CC. The van der Waals surface area contributed by atoms with E-state index in [-0.39, 0.29) is 11.7 Å². The minimum Gasteiger partial charge on any atom is -0.357 e. The van der Waals surface area contributed by atoms with Crippen LogP contribution in [0.25, 0.3) is 0 Å². The van der Waals surface area contributed by atoms with Crippen LogP contribution in [-0.4, -0.2) is 46.3 Å². The molecule has 0 spiro atoms. The van der Waals surface area contributed by atoms with Gasteiger partial charge in [0, 0.05) is 25.6 Å². The van der Waals surface area contributed by atoms with Crippen molar-refractivity contribution in [1.82, 2.24) is 15.4 Å². The Labute approximate surface area is 168 Å². The number of sulfonamides is 1. The number of benzene rings is 2. The lowest BCUT2D eigenvalue weighted by Gasteiger charge is -2.18. The lowest BCUT2D eigenvalue weighted by molar-refractivity contribution is 0.581. The van der Waals surface area contributed by atoms with Crippen molar-refractivity contribution in [2.24, 2.45) is 4.99 Å². The number of rotatable bonds is 10. The van der Waals surface area contributed by atoms with Crippen LogP contribution in [0, 0.1) is 0 Å². The third-order valence-electron chi connectivity index (χ3n) is 4.30. The van der Waals surface area contributed by atoms with E-state index in [0.29, 0.717) is 25.6 Å². The number of nitrogens with zero attached hydrogens (tertiary/aromatic N) is 1. The van der Waals surface area contributed by atoms with Crippen molar-refractivity contribution in [2.45, 2.75) is 19.8 Å². The van der Waals surface area contributed by atoms with Crippen LogP contribution in [0.1, 0.15) is 30.9 Å². The van der Waals surface area contributed by atoms with E-state index in [9.17, 15) is 8.42 Å². The van der Waals surface area contributed by atoms with Crippen LogP contribution in [0.2, 0.25) is 0 Å². The van der Waals surface area contributed by atoms with Gasteiger partial charge in [0.15, 0.2) is 5.96 Å². The van der Waals surface area contributed by atoms with Crippen molar-refractivity contribution in [3.8, 4) is 0 Å². The molecule has 0 aliphatic heterocycles. The van der Waals surface area contributed by atoms with Crippen LogP contribution in [-0.2, 0) is 10.0 Å². The summed E-state index contributed by atoms with van der Waals surface area (Å²) in [6, 6.07) is 20.7. The van der Waals surface area contributed by atoms with Crippen LogP contribution >= 0.6 is 0 Å². The van der Waals surface area contributed by atoms with Gasteiger partial charge in [-0.05, 0) is 25.0 Å². The molecular weight excluding hydrogens is 372 g/mol. The standard InChI is InChI=1S/C21H30N4O2S/c1-3-22-21(23-15-16-25-28(26,27)4-2)24-17-20(18-11-7-5-8-12-18)19-13-9-6-10-14-19/h5-14,20,25H,3-4,15-17H2,1-2H3,(H2,22,23,24). The van der Waals surface area contributed by atoms with E-state index in [2.05, 4.69) is 39.6 Å². The molecule has 0 bridgehead atoms. The predicted molar refractivity (Wildman–Crippen MR) is 116 cm³/mol. The van der Waals surface area contributed by atoms with Gasteiger partial charge in [-0.15, -0.1) is 0 Å². The normalized spacial score (nSPS) is 12.2. The quantitative estimate of drug-likeness (QED) is 0.324. The Hall–Kier alpha value is -2.38. The number of nitrogens with one attached hydrogen (secondary N) is 3. The summed E-state index contributed by atoms with van der Waals surface area (Å²) in [6.07, 6.45) is 0. The van der Waals surface area contributed by atoms with Crippen molar-refractivity contribution in [3.05, 3.63) is 71.8 Å². The molecule has 0 aliphatic carbocycles. The van der Waals surface area contributed by atoms with E-state index in [1.807, 2.05) is 43.3 Å². The molecule has 0 atom stereocenters. The third-order valence-corrected chi connectivity index (χ3v) is 5.70. The van der Waals surface area contributed by atoms with Crippen LogP contribution in [0.3, 0.4) is 0 Å². The Balaban J connectivity index is 2.06. The second-order valence-electron chi connectivity index (χ2n) is 6.32. The van der Waals surface area contributed by atoms with Crippen molar-refractivity contribution >= 4 is 16.0 Å². The van der Waals surface area contributed by atoms with Crippen molar-refractivity contribution in [1.29, 1.82) is 0 Å². The average molecular weight is 403 g/mol. The van der Waals surface area contributed by atoms with Crippen LogP contribution in [0.4, 0.5) is 0 Å². The van der Waals surface area contributed by atoms with Gasteiger partial charge in [0.2, 0.25) is 10.0 Å². The van der Waals surface area contributed by atoms with E-state index in [4.69, 9.17) is 4.99 Å². The Kier molecular flexibility index (Phi) is 8.97. The summed E-state index contributed by atoms with van der Waals surface area (Å²) in [5, 5.41) is 6.40. The van der Waals surface area contributed by atoms with Gasteiger partial charge in [-0.25, -0.2) is 13.1 Å². The van der Waals surface area contributed by atoms with Crippen molar-refractivity contribution in [3.63, 3.8) is 0 Å². The molecule has 2 aromatic carbocycles. The van der Waals surface area contributed by atoms with Crippen molar-refractivity contribution < 1.29 is 8.42 Å². The first kappa shape index (κ1) is 21.9. The number of aliphatic imine (C=N–C) groups is 1. The van der Waals surface area contributed by atoms with Crippen LogP contribution in [0.15, 0.2) is 65.7 Å². The van der Waals surface area contributed by atoms with Gasteiger partial charge in [0.05, 0.1) is 12.3 Å². The Bertz CT molecular complexity index is 784. The van der Waals surface area contributed by atoms with Gasteiger partial charge < -0.3 is 10.6 Å². The molecule has 0 amide bonds. The molecule has 0 aliphatic rings. The molecule has 0 saturated heterocycles. The van der Waals surface area contributed by atoms with Gasteiger partial charge in [-0.2, -0.15) is 0 Å². The first-order valence-electron chi connectivity index (χ1n) is 9.65. The molecule has 6 nitrogen and oxygen atoms in total. The summed E-state index contributed by atoms with van der Waals surface area (Å²) in [6.45, 7) is 5.73. The van der Waals surface area contributed by atoms with Crippen molar-refractivity contribution in [2.75, 3.05) is 31.9 Å². The highest BCUT2D eigenvalue weighted by Crippen LogP contribution is 2.24. The molecule has 2 aromatic rings. The van der Waals surface area contributed by atoms with Gasteiger partial charge in [-0.1, -0.05) is 60.7 Å². The highest BCUT2D eigenvalue weighted by atomic mass is 32.2. The molecule has 0 fully saturated rings. The second kappa shape index (κ2) is 11.5. The minimum atomic E-state index is -3.18. The highest BCUT2D eigenvalue weighted by molar-refractivity contribution is 7.89. The van der Waals surface area contributed by atoms with E-state index >= 15 is 0 Å². The Morgan fingerprint density at radius 2 is 1.46 bits per heavy atom. The smallest absolute Gasteiger partial charge is 0.211 e. The van der Waals surface area contributed by atoms with Gasteiger partial charge in [0.1, 0.15) is 0 Å². The summed E-state index contributed by atoms with van der Waals surface area (Å²) in [5.74, 6) is 0.906. The fourth-order valence-electron chi connectivity index (χ4n) is 2.79. The Morgan fingerprint density at radius 1 is 0.893 bits per heavy atom. The first-order chi connectivity index (χ1) is 13.6. The maximum absolute atomic E-state index is 11.5.